The molecule has 4 rings (SSSR count). The molecule has 0 aromatic heterocycles. The van der Waals surface area contributed by atoms with E-state index in [4.69, 9.17) is 0 Å². The van der Waals surface area contributed by atoms with E-state index >= 15 is 0 Å². The number of rotatable bonds is 1. The standard InChI is InChI=1S/C15H13NO3/c17-11-3-1-2-10(7-11)16-14(18)12-8-4-5-9(6-8)13(12)15(16)19/h1-5,7-9,12-13,17H,6H2/t8-,9+,12?,13?. The summed E-state index contributed by atoms with van der Waals surface area (Å²) in [5.74, 6) is -0.108. The third kappa shape index (κ3) is 1.28. The van der Waals surface area contributed by atoms with Crippen molar-refractivity contribution in [2.75, 3.05) is 4.90 Å². The quantitative estimate of drug-likeness (QED) is 0.614. The smallest absolute Gasteiger partial charge is 0.238 e. The van der Waals surface area contributed by atoms with Gasteiger partial charge in [0.15, 0.2) is 0 Å². The monoisotopic (exact) mass is 255 g/mol. The zero-order valence-electron chi connectivity index (χ0n) is 10.2. The van der Waals surface area contributed by atoms with Crippen molar-refractivity contribution in [3.05, 3.63) is 36.4 Å². The summed E-state index contributed by atoms with van der Waals surface area (Å²) < 4.78 is 0. The molecule has 0 radical (unpaired) electrons. The second-order valence-electron chi connectivity index (χ2n) is 5.53. The van der Waals surface area contributed by atoms with Crippen LogP contribution >= 0.6 is 0 Å². The Morgan fingerprint density at radius 3 is 2.26 bits per heavy atom. The van der Waals surface area contributed by atoms with Crippen molar-refractivity contribution in [1.82, 2.24) is 0 Å². The molecule has 2 bridgehead atoms. The van der Waals surface area contributed by atoms with Crippen LogP contribution in [0.4, 0.5) is 5.69 Å². The first-order chi connectivity index (χ1) is 9.16. The highest BCUT2D eigenvalue weighted by atomic mass is 16.3. The molecule has 1 N–H and O–H groups in total. The molecular weight excluding hydrogens is 242 g/mol. The van der Waals surface area contributed by atoms with Gasteiger partial charge in [0.25, 0.3) is 0 Å². The summed E-state index contributed by atoms with van der Waals surface area (Å²) >= 11 is 0. The lowest BCUT2D eigenvalue weighted by atomic mass is 9.85. The maximum atomic E-state index is 12.5. The number of amides is 2. The van der Waals surface area contributed by atoms with Crippen molar-refractivity contribution in [3.8, 4) is 5.75 Å². The summed E-state index contributed by atoms with van der Waals surface area (Å²) in [5, 5.41) is 9.50. The summed E-state index contributed by atoms with van der Waals surface area (Å²) in [6.07, 6.45) is 5.08. The SMILES string of the molecule is O=C1C2C(C(=O)N1c1cccc(O)c1)[C@H]1C=C[C@@H]2C1. The maximum Gasteiger partial charge on any atom is 0.238 e. The normalized spacial score (nSPS) is 35.3. The number of imide groups is 1. The van der Waals surface area contributed by atoms with Gasteiger partial charge < -0.3 is 5.11 Å². The van der Waals surface area contributed by atoms with Crippen molar-refractivity contribution in [3.63, 3.8) is 0 Å². The van der Waals surface area contributed by atoms with Gasteiger partial charge in [0.1, 0.15) is 5.75 Å². The van der Waals surface area contributed by atoms with E-state index in [1.165, 1.54) is 17.0 Å². The number of aromatic hydroxyl groups is 1. The minimum atomic E-state index is -0.190. The number of carbonyl (C=O) groups excluding carboxylic acids is 2. The molecule has 1 heterocycles. The number of anilines is 1. The second-order valence-corrected chi connectivity index (χ2v) is 5.53. The van der Waals surface area contributed by atoms with Crippen LogP contribution in [-0.4, -0.2) is 16.9 Å². The molecule has 4 atom stereocenters. The number of phenolic OH excluding ortho intramolecular Hbond substituents is 1. The molecule has 2 unspecified atom stereocenters. The van der Waals surface area contributed by atoms with E-state index in [0.29, 0.717) is 5.69 Å². The minimum absolute atomic E-state index is 0.0660. The van der Waals surface area contributed by atoms with Crippen molar-refractivity contribution in [2.45, 2.75) is 6.42 Å². The molecule has 4 heteroatoms. The van der Waals surface area contributed by atoms with Gasteiger partial charge in [0.2, 0.25) is 11.8 Å². The minimum Gasteiger partial charge on any atom is -0.508 e. The Morgan fingerprint density at radius 2 is 1.68 bits per heavy atom. The van der Waals surface area contributed by atoms with Crippen LogP contribution in [0, 0.1) is 23.7 Å². The number of benzene rings is 1. The lowest BCUT2D eigenvalue weighted by Crippen LogP contribution is -2.32. The Bertz CT molecular complexity index is 592. The van der Waals surface area contributed by atoms with Crippen LogP contribution in [0.5, 0.6) is 5.75 Å². The summed E-state index contributed by atoms with van der Waals surface area (Å²) in [5.41, 5.74) is 0.476. The molecule has 2 amide bonds. The zero-order chi connectivity index (χ0) is 13.1. The fourth-order valence-electron chi connectivity index (χ4n) is 3.79. The van der Waals surface area contributed by atoms with E-state index in [2.05, 4.69) is 12.2 Å². The molecule has 96 valence electrons. The first-order valence-corrected chi connectivity index (χ1v) is 6.52. The Balaban J connectivity index is 1.77. The molecule has 2 aliphatic carbocycles. The molecule has 1 saturated heterocycles. The van der Waals surface area contributed by atoms with E-state index in [1.54, 1.807) is 12.1 Å². The number of allylic oxidation sites excluding steroid dienone is 2. The van der Waals surface area contributed by atoms with Crippen LogP contribution in [-0.2, 0) is 9.59 Å². The van der Waals surface area contributed by atoms with E-state index in [1.807, 2.05) is 0 Å². The van der Waals surface area contributed by atoms with Crippen LogP contribution in [0.2, 0.25) is 0 Å². The largest absolute Gasteiger partial charge is 0.508 e. The van der Waals surface area contributed by atoms with Crippen LogP contribution < -0.4 is 4.90 Å². The van der Waals surface area contributed by atoms with Gasteiger partial charge >= 0.3 is 0 Å². The number of fused-ring (bicyclic) bond motifs is 5. The van der Waals surface area contributed by atoms with Gasteiger partial charge in [-0.1, -0.05) is 18.2 Å². The zero-order valence-corrected chi connectivity index (χ0v) is 10.2. The topological polar surface area (TPSA) is 57.6 Å². The highest BCUT2D eigenvalue weighted by Gasteiger charge is 2.59. The van der Waals surface area contributed by atoms with E-state index < -0.39 is 0 Å². The Morgan fingerprint density at radius 1 is 1.05 bits per heavy atom. The molecule has 1 aromatic rings. The second kappa shape index (κ2) is 3.47. The maximum absolute atomic E-state index is 12.5. The third-order valence-corrected chi connectivity index (χ3v) is 4.56. The van der Waals surface area contributed by atoms with Gasteiger partial charge in [-0.05, 0) is 30.4 Å². The number of carbonyl (C=O) groups is 2. The lowest BCUT2D eigenvalue weighted by molar-refractivity contribution is -0.123. The molecule has 2 fully saturated rings. The first-order valence-electron chi connectivity index (χ1n) is 6.52. The Labute approximate surface area is 110 Å². The molecule has 19 heavy (non-hydrogen) atoms. The molecule has 4 nitrogen and oxygen atoms in total. The van der Waals surface area contributed by atoms with Gasteiger partial charge in [-0.3, -0.25) is 9.59 Å². The van der Waals surface area contributed by atoms with E-state index in [-0.39, 0.29) is 41.2 Å². The van der Waals surface area contributed by atoms with E-state index in [9.17, 15) is 14.7 Å². The fraction of sp³-hybridized carbons (Fsp3) is 0.333. The number of hydrogen-bond donors (Lipinski definition) is 1. The summed E-state index contributed by atoms with van der Waals surface area (Å²) in [4.78, 5) is 26.2. The van der Waals surface area contributed by atoms with Crippen LogP contribution in [0.1, 0.15) is 6.42 Å². The van der Waals surface area contributed by atoms with Crippen molar-refractivity contribution in [2.24, 2.45) is 23.7 Å². The van der Waals surface area contributed by atoms with Crippen LogP contribution in [0.25, 0.3) is 0 Å². The van der Waals surface area contributed by atoms with Gasteiger partial charge in [0.05, 0.1) is 17.5 Å². The van der Waals surface area contributed by atoms with Crippen molar-refractivity contribution in [1.29, 1.82) is 0 Å². The van der Waals surface area contributed by atoms with Crippen LogP contribution in [0.15, 0.2) is 36.4 Å². The van der Waals surface area contributed by atoms with Crippen LogP contribution in [0.3, 0.4) is 0 Å². The average Bonchev–Trinajstić information content (AvgIpc) is 3.04. The highest BCUT2D eigenvalue weighted by molar-refractivity contribution is 6.22. The van der Waals surface area contributed by atoms with Crippen molar-refractivity contribution < 1.29 is 14.7 Å². The lowest BCUT2D eigenvalue weighted by Gasteiger charge is -2.17. The summed E-state index contributed by atoms with van der Waals surface area (Å²) in [7, 11) is 0. The average molecular weight is 255 g/mol. The Hall–Kier alpha value is -2.10. The first kappa shape index (κ1) is 10.8. The van der Waals surface area contributed by atoms with Crippen molar-refractivity contribution >= 4 is 17.5 Å². The molecule has 3 aliphatic rings. The number of phenols is 1. The number of nitrogens with zero attached hydrogens (tertiary/aromatic N) is 1. The number of hydrogen-bond acceptors (Lipinski definition) is 3. The summed E-state index contributed by atoms with van der Waals surface area (Å²) in [6.45, 7) is 0. The predicted octanol–water partition coefficient (Wildman–Crippen LogP) is 1.70. The van der Waals surface area contributed by atoms with Gasteiger partial charge in [-0.15, -0.1) is 0 Å². The molecular formula is C15H13NO3. The van der Waals surface area contributed by atoms with E-state index in [0.717, 1.165) is 6.42 Å². The Kier molecular flexibility index (Phi) is 1.97. The predicted molar refractivity (Wildman–Crippen MR) is 68.3 cm³/mol. The third-order valence-electron chi connectivity index (χ3n) is 4.56. The highest BCUT2D eigenvalue weighted by Crippen LogP contribution is 2.53. The molecule has 1 saturated carbocycles. The van der Waals surface area contributed by atoms with Gasteiger partial charge in [-0.2, -0.15) is 0 Å². The molecule has 1 aromatic carbocycles. The molecule has 0 spiro atoms. The van der Waals surface area contributed by atoms with Gasteiger partial charge in [0, 0.05) is 6.07 Å². The van der Waals surface area contributed by atoms with Gasteiger partial charge in [-0.25, -0.2) is 4.90 Å². The fourth-order valence-corrected chi connectivity index (χ4v) is 3.79. The summed E-state index contributed by atoms with van der Waals surface area (Å²) in [6, 6.07) is 6.32. The molecule has 1 aliphatic heterocycles.